The van der Waals surface area contributed by atoms with E-state index in [0.29, 0.717) is 23.7 Å². The summed E-state index contributed by atoms with van der Waals surface area (Å²) in [5, 5.41) is 24.9. The second-order valence-corrected chi connectivity index (χ2v) is 12.5. The average molecular weight is 431 g/mol. The molecule has 2 N–H and O–H groups in total. The van der Waals surface area contributed by atoms with Crippen molar-refractivity contribution in [2.45, 2.75) is 122 Å². The fraction of sp³-hybridized carbons (Fsp3) is 0.778. The Morgan fingerprint density at radius 3 is 1.74 bits per heavy atom. The van der Waals surface area contributed by atoms with Crippen molar-refractivity contribution in [3.05, 3.63) is 35.4 Å². The molecule has 4 nitrogen and oxygen atoms in total. The van der Waals surface area contributed by atoms with E-state index in [1.807, 2.05) is 0 Å². The number of hydrogen-bond donors (Lipinski definition) is 2. The molecule has 1 aromatic carbocycles. The topological polar surface area (TPSA) is 46.9 Å². The lowest BCUT2D eigenvalue weighted by atomic mass is 9.68. The minimum atomic E-state index is -0.247. The smallest absolute Gasteiger partial charge is 0.0467 e. The van der Waals surface area contributed by atoms with Crippen LogP contribution >= 0.6 is 0 Å². The van der Waals surface area contributed by atoms with Gasteiger partial charge in [-0.05, 0) is 95.1 Å². The van der Waals surface area contributed by atoms with E-state index >= 15 is 0 Å². The van der Waals surface area contributed by atoms with E-state index in [2.05, 4.69) is 86.6 Å². The molecule has 1 aromatic rings. The van der Waals surface area contributed by atoms with Crippen LogP contribution in [-0.4, -0.2) is 43.2 Å². The van der Waals surface area contributed by atoms with E-state index in [1.165, 1.54) is 11.1 Å². The molecule has 3 rings (SSSR count). The van der Waals surface area contributed by atoms with Gasteiger partial charge in [-0.3, -0.25) is 0 Å². The van der Waals surface area contributed by atoms with E-state index in [0.717, 1.165) is 25.7 Å². The van der Waals surface area contributed by atoms with Crippen LogP contribution in [0.25, 0.3) is 0 Å². The Kier molecular flexibility index (Phi) is 6.73. The van der Waals surface area contributed by atoms with E-state index in [1.54, 1.807) is 10.1 Å². The van der Waals surface area contributed by atoms with Crippen molar-refractivity contribution in [3.63, 3.8) is 0 Å². The summed E-state index contributed by atoms with van der Waals surface area (Å²) in [6.07, 6.45) is 3.89. The first kappa shape index (κ1) is 24.7. The van der Waals surface area contributed by atoms with Gasteiger partial charge in [0.05, 0.1) is 0 Å². The normalized spacial score (nSPS) is 34.4. The Labute approximate surface area is 190 Å². The average Bonchev–Trinajstić information content (AvgIpc) is 2.67. The van der Waals surface area contributed by atoms with E-state index in [4.69, 9.17) is 0 Å². The van der Waals surface area contributed by atoms with Crippen molar-refractivity contribution in [1.82, 2.24) is 10.1 Å². The summed E-state index contributed by atoms with van der Waals surface area (Å²) in [7, 11) is 0. The molecule has 4 heteroatoms. The fourth-order valence-electron chi connectivity index (χ4n) is 6.22. The van der Waals surface area contributed by atoms with Gasteiger partial charge in [-0.2, -0.15) is 10.1 Å². The van der Waals surface area contributed by atoms with Gasteiger partial charge in [0, 0.05) is 22.7 Å². The minimum Gasteiger partial charge on any atom is -0.313 e. The summed E-state index contributed by atoms with van der Waals surface area (Å²) in [5.74, 6) is 1.71. The predicted molar refractivity (Wildman–Crippen MR) is 128 cm³/mol. The van der Waals surface area contributed by atoms with Crippen LogP contribution in [0.3, 0.4) is 0 Å². The van der Waals surface area contributed by atoms with Crippen LogP contribution in [0.1, 0.15) is 111 Å². The minimum absolute atomic E-state index is 0.190. The summed E-state index contributed by atoms with van der Waals surface area (Å²) in [5.41, 5.74) is 2.08. The maximum Gasteiger partial charge on any atom is 0.0467 e. The highest BCUT2D eigenvalue weighted by Crippen LogP contribution is 2.48. The summed E-state index contributed by atoms with van der Waals surface area (Å²) in [4.78, 5) is 0. The summed E-state index contributed by atoms with van der Waals surface area (Å²) < 4.78 is 0. The third-order valence-corrected chi connectivity index (χ3v) is 8.56. The molecule has 0 saturated carbocycles. The van der Waals surface area contributed by atoms with Gasteiger partial charge in [0.25, 0.3) is 0 Å². The number of piperidine rings is 2. The SMILES string of the molecule is CC(C)C1CC(c2ccc(C3CC(C)(C)N(O)C(C)(C(C)C)C3)cc2)CC(C)(C)N1O. The number of rotatable bonds is 4. The highest BCUT2D eigenvalue weighted by atomic mass is 16.5. The third kappa shape index (κ3) is 4.59. The molecule has 4 unspecified atom stereocenters. The lowest BCUT2D eigenvalue weighted by molar-refractivity contribution is -0.262. The molecular formula is C27H46N2O2. The molecule has 0 aromatic heterocycles. The van der Waals surface area contributed by atoms with E-state index in [-0.39, 0.29) is 22.7 Å². The lowest BCUT2D eigenvalue weighted by Gasteiger charge is -2.55. The number of hydroxylamine groups is 4. The number of benzene rings is 1. The van der Waals surface area contributed by atoms with Crippen molar-refractivity contribution in [1.29, 1.82) is 0 Å². The molecule has 2 heterocycles. The monoisotopic (exact) mass is 430 g/mol. The second-order valence-electron chi connectivity index (χ2n) is 12.5. The third-order valence-electron chi connectivity index (χ3n) is 8.56. The molecule has 31 heavy (non-hydrogen) atoms. The molecule has 0 bridgehead atoms. The first-order chi connectivity index (χ1) is 14.2. The zero-order valence-corrected chi connectivity index (χ0v) is 21.3. The Morgan fingerprint density at radius 1 is 0.774 bits per heavy atom. The molecule has 0 radical (unpaired) electrons. The molecular weight excluding hydrogens is 384 g/mol. The van der Waals surface area contributed by atoms with Crippen molar-refractivity contribution in [2.24, 2.45) is 11.8 Å². The molecule has 2 aliphatic rings. The predicted octanol–water partition coefficient (Wildman–Crippen LogP) is 6.82. The highest BCUT2D eigenvalue weighted by molar-refractivity contribution is 5.30. The summed E-state index contributed by atoms with van der Waals surface area (Å²) >= 11 is 0. The highest BCUT2D eigenvalue weighted by Gasteiger charge is 2.49. The van der Waals surface area contributed by atoms with Crippen molar-refractivity contribution < 1.29 is 10.4 Å². The Hall–Kier alpha value is -0.940. The first-order valence-corrected chi connectivity index (χ1v) is 12.3. The van der Waals surface area contributed by atoms with Crippen molar-refractivity contribution in [3.8, 4) is 0 Å². The maximum atomic E-state index is 11.0. The van der Waals surface area contributed by atoms with E-state index < -0.39 is 0 Å². The van der Waals surface area contributed by atoms with Crippen molar-refractivity contribution in [2.75, 3.05) is 0 Å². The maximum absolute atomic E-state index is 11.0. The van der Waals surface area contributed by atoms with Crippen LogP contribution in [0.2, 0.25) is 0 Å². The van der Waals surface area contributed by atoms with Crippen LogP contribution in [0, 0.1) is 11.8 Å². The van der Waals surface area contributed by atoms with Crippen LogP contribution in [0.15, 0.2) is 24.3 Å². The van der Waals surface area contributed by atoms with Gasteiger partial charge in [-0.15, -0.1) is 0 Å². The van der Waals surface area contributed by atoms with Crippen LogP contribution in [0.5, 0.6) is 0 Å². The van der Waals surface area contributed by atoms with Gasteiger partial charge >= 0.3 is 0 Å². The van der Waals surface area contributed by atoms with Gasteiger partial charge in [-0.25, -0.2) is 0 Å². The first-order valence-electron chi connectivity index (χ1n) is 12.3. The molecule has 0 spiro atoms. The van der Waals surface area contributed by atoms with Gasteiger partial charge in [0.2, 0.25) is 0 Å². The molecule has 0 amide bonds. The molecule has 2 aliphatic heterocycles. The second kappa shape index (κ2) is 8.44. The summed E-state index contributed by atoms with van der Waals surface area (Å²) in [6.45, 7) is 19.7. The van der Waals surface area contributed by atoms with Gasteiger partial charge in [0.1, 0.15) is 0 Å². The largest absolute Gasteiger partial charge is 0.313 e. The molecule has 2 fully saturated rings. The van der Waals surface area contributed by atoms with Crippen LogP contribution in [-0.2, 0) is 0 Å². The molecule has 176 valence electrons. The summed E-state index contributed by atoms with van der Waals surface area (Å²) in [6, 6.07) is 9.49. The van der Waals surface area contributed by atoms with Crippen molar-refractivity contribution >= 4 is 0 Å². The van der Waals surface area contributed by atoms with Crippen LogP contribution < -0.4 is 0 Å². The Balaban J connectivity index is 1.83. The molecule has 0 aliphatic carbocycles. The number of hydrogen-bond acceptors (Lipinski definition) is 4. The quantitative estimate of drug-likeness (QED) is 0.550. The zero-order valence-electron chi connectivity index (χ0n) is 21.3. The van der Waals surface area contributed by atoms with E-state index in [9.17, 15) is 10.4 Å². The molecule has 2 saturated heterocycles. The lowest BCUT2D eigenvalue weighted by Crippen LogP contribution is -2.62. The van der Waals surface area contributed by atoms with Gasteiger partial charge < -0.3 is 10.4 Å². The standard InChI is InChI=1S/C27H46N2O2/c1-18(2)24-14-22(15-25(5,6)28(24)30)20-10-12-21(13-11-20)23-16-26(7,8)29(31)27(9,17-23)19(3)4/h10-13,18-19,22-24,30-31H,14-17H2,1-9H3. The zero-order chi connectivity index (χ0) is 23.4. The van der Waals surface area contributed by atoms with Gasteiger partial charge in [-0.1, -0.05) is 52.0 Å². The Morgan fingerprint density at radius 2 is 1.26 bits per heavy atom. The van der Waals surface area contributed by atoms with Gasteiger partial charge in [0.15, 0.2) is 0 Å². The molecule has 4 atom stereocenters. The fourth-order valence-corrected chi connectivity index (χ4v) is 6.22. The van der Waals surface area contributed by atoms with Crippen LogP contribution in [0.4, 0.5) is 0 Å². The number of nitrogens with zero attached hydrogens (tertiary/aromatic N) is 2. The Bertz CT molecular complexity index is 755.